The first-order chi connectivity index (χ1) is 8.08. The van der Waals surface area contributed by atoms with Crippen LogP contribution in [0.1, 0.15) is 11.1 Å². The molecule has 17 heavy (non-hydrogen) atoms. The number of benzene rings is 2. The normalized spacial score (nSPS) is 10.3. The highest BCUT2D eigenvalue weighted by atomic mass is 35.5. The molecule has 0 aliphatic heterocycles. The minimum Gasteiger partial charge on any atom is -0.397 e. The van der Waals surface area contributed by atoms with Crippen molar-refractivity contribution in [3.63, 3.8) is 0 Å². The molecule has 0 saturated heterocycles. The molecule has 0 aliphatic rings. The zero-order valence-electron chi connectivity index (χ0n) is 9.92. The molecular formula is C14H15ClN2. The van der Waals surface area contributed by atoms with Gasteiger partial charge in [0.05, 0.1) is 11.4 Å². The van der Waals surface area contributed by atoms with E-state index in [1.165, 1.54) is 11.1 Å². The van der Waals surface area contributed by atoms with Crippen molar-refractivity contribution >= 4 is 28.7 Å². The van der Waals surface area contributed by atoms with Crippen LogP contribution < -0.4 is 11.1 Å². The van der Waals surface area contributed by atoms with Crippen LogP contribution >= 0.6 is 11.6 Å². The van der Waals surface area contributed by atoms with Gasteiger partial charge in [0.25, 0.3) is 0 Å². The Morgan fingerprint density at radius 3 is 2.59 bits per heavy atom. The molecular weight excluding hydrogens is 232 g/mol. The second-order valence-corrected chi connectivity index (χ2v) is 4.54. The third-order valence-corrected chi connectivity index (χ3v) is 3.12. The highest BCUT2D eigenvalue weighted by molar-refractivity contribution is 6.31. The van der Waals surface area contributed by atoms with E-state index in [1.54, 1.807) is 12.1 Å². The average molecular weight is 247 g/mol. The number of nitrogen functional groups attached to an aromatic ring is 1. The van der Waals surface area contributed by atoms with E-state index in [1.807, 2.05) is 18.2 Å². The third-order valence-electron chi connectivity index (χ3n) is 2.89. The molecule has 88 valence electrons. The van der Waals surface area contributed by atoms with Crippen molar-refractivity contribution in [3.8, 4) is 0 Å². The van der Waals surface area contributed by atoms with Gasteiger partial charge in [0.2, 0.25) is 0 Å². The summed E-state index contributed by atoms with van der Waals surface area (Å²) in [6, 6.07) is 11.6. The van der Waals surface area contributed by atoms with Crippen molar-refractivity contribution in [2.24, 2.45) is 0 Å². The number of hydrogen-bond acceptors (Lipinski definition) is 2. The van der Waals surface area contributed by atoms with Crippen LogP contribution in [0.3, 0.4) is 0 Å². The molecule has 3 N–H and O–H groups in total. The number of anilines is 3. The standard InChI is InChI=1S/C14H15ClN2/c1-9-4-3-5-13(10(9)2)17-14-8-11(15)6-7-12(14)16/h3-8,17H,16H2,1-2H3. The highest BCUT2D eigenvalue weighted by Gasteiger charge is 2.04. The summed E-state index contributed by atoms with van der Waals surface area (Å²) in [5.41, 5.74) is 10.9. The zero-order chi connectivity index (χ0) is 12.4. The lowest BCUT2D eigenvalue weighted by molar-refractivity contribution is 1.33. The van der Waals surface area contributed by atoms with Crippen LogP contribution in [0, 0.1) is 13.8 Å². The van der Waals surface area contributed by atoms with Gasteiger partial charge in [0.15, 0.2) is 0 Å². The van der Waals surface area contributed by atoms with Gasteiger partial charge in [0, 0.05) is 10.7 Å². The van der Waals surface area contributed by atoms with E-state index in [-0.39, 0.29) is 0 Å². The van der Waals surface area contributed by atoms with Crippen molar-refractivity contribution in [1.82, 2.24) is 0 Å². The molecule has 0 fully saturated rings. The zero-order valence-corrected chi connectivity index (χ0v) is 10.7. The summed E-state index contributed by atoms with van der Waals surface area (Å²) in [4.78, 5) is 0. The van der Waals surface area contributed by atoms with E-state index in [0.29, 0.717) is 10.7 Å². The number of halogens is 1. The molecule has 0 aliphatic carbocycles. The van der Waals surface area contributed by atoms with Crippen molar-refractivity contribution in [2.45, 2.75) is 13.8 Å². The van der Waals surface area contributed by atoms with Crippen LogP contribution in [-0.4, -0.2) is 0 Å². The van der Waals surface area contributed by atoms with Crippen LogP contribution in [-0.2, 0) is 0 Å². The first-order valence-corrected chi connectivity index (χ1v) is 5.84. The Morgan fingerprint density at radius 2 is 1.82 bits per heavy atom. The summed E-state index contributed by atoms with van der Waals surface area (Å²) in [5.74, 6) is 0. The van der Waals surface area contributed by atoms with Crippen LogP contribution in [0.2, 0.25) is 5.02 Å². The number of aryl methyl sites for hydroxylation is 1. The molecule has 0 saturated carbocycles. The molecule has 0 spiro atoms. The second-order valence-electron chi connectivity index (χ2n) is 4.10. The first-order valence-electron chi connectivity index (χ1n) is 5.46. The van der Waals surface area contributed by atoms with Crippen molar-refractivity contribution in [3.05, 3.63) is 52.5 Å². The third kappa shape index (κ3) is 2.53. The van der Waals surface area contributed by atoms with E-state index in [4.69, 9.17) is 17.3 Å². The second kappa shape index (κ2) is 4.68. The molecule has 0 heterocycles. The summed E-state index contributed by atoms with van der Waals surface area (Å²) >= 11 is 5.96. The molecule has 2 aromatic carbocycles. The maximum Gasteiger partial charge on any atom is 0.0632 e. The maximum atomic E-state index is 5.96. The molecule has 3 heteroatoms. The topological polar surface area (TPSA) is 38.0 Å². The lowest BCUT2D eigenvalue weighted by atomic mass is 10.1. The minimum atomic E-state index is 0.673. The van der Waals surface area contributed by atoms with Gasteiger partial charge in [-0.2, -0.15) is 0 Å². The number of hydrogen-bond donors (Lipinski definition) is 2. The molecule has 0 bridgehead atoms. The van der Waals surface area contributed by atoms with Crippen molar-refractivity contribution in [2.75, 3.05) is 11.1 Å². The van der Waals surface area contributed by atoms with Crippen molar-refractivity contribution < 1.29 is 0 Å². The quantitative estimate of drug-likeness (QED) is 0.776. The lowest BCUT2D eigenvalue weighted by Gasteiger charge is -2.13. The first kappa shape index (κ1) is 11.8. The van der Waals surface area contributed by atoms with Gasteiger partial charge in [-0.15, -0.1) is 0 Å². The smallest absolute Gasteiger partial charge is 0.0632 e. The van der Waals surface area contributed by atoms with Gasteiger partial charge < -0.3 is 11.1 Å². The molecule has 0 radical (unpaired) electrons. The Morgan fingerprint density at radius 1 is 1.06 bits per heavy atom. The Hall–Kier alpha value is -1.67. The molecule has 0 atom stereocenters. The SMILES string of the molecule is Cc1cccc(Nc2cc(Cl)ccc2N)c1C. The van der Waals surface area contributed by atoms with E-state index >= 15 is 0 Å². The van der Waals surface area contributed by atoms with Gasteiger partial charge >= 0.3 is 0 Å². The van der Waals surface area contributed by atoms with Gasteiger partial charge in [-0.05, 0) is 49.2 Å². The summed E-state index contributed by atoms with van der Waals surface area (Å²) in [5, 5.41) is 3.99. The lowest BCUT2D eigenvalue weighted by Crippen LogP contribution is -1.98. The predicted molar refractivity (Wildman–Crippen MR) is 75.1 cm³/mol. The largest absolute Gasteiger partial charge is 0.397 e. The molecule has 0 unspecified atom stereocenters. The van der Waals surface area contributed by atoms with Crippen LogP contribution in [0.15, 0.2) is 36.4 Å². The Balaban J connectivity index is 2.38. The van der Waals surface area contributed by atoms with E-state index in [0.717, 1.165) is 11.4 Å². The molecule has 0 aromatic heterocycles. The fourth-order valence-electron chi connectivity index (χ4n) is 1.67. The summed E-state index contributed by atoms with van der Waals surface area (Å²) in [7, 11) is 0. The van der Waals surface area contributed by atoms with Crippen LogP contribution in [0.5, 0.6) is 0 Å². The van der Waals surface area contributed by atoms with Gasteiger partial charge in [-0.25, -0.2) is 0 Å². The summed E-state index contributed by atoms with van der Waals surface area (Å²) in [6.07, 6.45) is 0. The van der Waals surface area contributed by atoms with Crippen LogP contribution in [0.25, 0.3) is 0 Å². The number of nitrogens with one attached hydrogen (secondary N) is 1. The minimum absolute atomic E-state index is 0.673. The van der Waals surface area contributed by atoms with E-state index in [2.05, 4.69) is 25.2 Å². The predicted octanol–water partition coefficient (Wildman–Crippen LogP) is 4.28. The van der Waals surface area contributed by atoms with Gasteiger partial charge in [-0.3, -0.25) is 0 Å². The molecule has 2 aromatic rings. The molecule has 2 rings (SSSR count). The Labute approximate surface area is 106 Å². The Kier molecular flexibility index (Phi) is 3.25. The van der Waals surface area contributed by atoms with E-state index in [9.17, 15) is 0 Å². The van der Waals surface area contributed by atoms with Gasteiger partial charge in [0.1, 0.15) is 0 Å². The number of nitrogens with two attached hydrogens (primary N) is 1. The van der Waals surface area contributed by atoms with E-state index < -0.39 is 0 Å². The van der Waals surface area contributed by atoms with Gasteiger partial charge in [-0.1, -0.05) is 23.7 Å². The van der Waals surface area contributed by atoms with Crippen molar-refractivity contribution in [1.29, 1.82) is 0 Å². The fraction of sp³-hybridized carbons (Fsp3) is 0.143. The monoisotopic (exact) mass is 246 g/mol. The summed E-state index contributed by atoms with van der Waals surface area (Å²) < 4.78 is 0. The number of rotatable bonds is 2. The van der Waals surface area contributed by atoms with Crippen LogP contribution in [0.4, 0.5) is 17.1 Å². The fourth-order valence-corrected chi connectivity index (χ4v) is 1.84. The highest BCUT2D eigenvalue weighted by Crippen LogP contribution is 2.28. The molecule has 2 nitrogen and oxygen atoms in total. The maximum absolute atomic E-state index is 5.96. The Bertz CT molecular complexity index is 550. The summed E-state index contributed by atoms with van der Waals surface area (Å²) in [6.45, 7) is 4.17. The molecule has 0 amide bonds. The average Bonchev–Trinajstić information content (AvgIpc) is 2.30.